The van der Waals surface area contributed by atoms with Gasteiger partial charge in [0.05, 0.1) is 12.6 Å². The van der Waals surface area contributed by atoms with Crippen molar-refractivity contribution in [2.24, 2.45) is 0 Å². The lowest BCUT2D eigenvalue weighted by Gasteiger charge is -2.19. The van der Waals surface area contributed by atoms with Crippen LogP contribution in [0.3, 0.4) is 0 Å². The van der Waals surface area contributed by atoms with E-state index in [-0.39, 0.29) is 18.0 Å². The molecule has 2 atom stereocenters. The highest BCUT2D eigenvalue weighted by atomic mass is 16.5. The Morgan fingerprint density at radius 2 is 1.95 bits per heavy atom. The van der Waals surface area contributed by atoms with Crippen LogP contribution < -0.4 is 10.6 Å². The quantitative estimate of drug-likeness (QED) is 0.697. The molecule has 0 aliphatic heterocycles. The second kappa shape index (κ2) is 8.67. The molecule has 0 aliphatic carbocycles. The van der Waals surface area contributed by atoms with Crippen LogP contribution in [-0.2, 0) is 16.0 Å². The largest absolute Gasteiger partial charge is 0.383 e. The van der Waals surface area contributed by atoms with Gasteiger partial charge in [-0.2, -0.15) is 0 Å². The summed E-state index contributed by atoms with van der Waals surface area (Å²) in [6, 6.07) is 10.3. The van der Waals surface area contributed by atoms with Gasteiger partial charge in [0.1, 0.15) is 0 Å². The number of amides is 1. The zero-order valence-electron chi connectivity index (χ0n) is 12.0. The summed E-state index contributed by atoms with van der Waals surface area (Å²) in [5.41, 5.74) is 1.27. The molecule has 0 fully saturated rings. The van der Waals surface area contributed by atoms with E-state index < -0.39 is 0 Å². The summed E-state index contributed by atoms with van der Waals surface area (Å²) in [6.07, 6.45) is 0.913. The number of rotatable bonds is 8. The Kier molecular flexibility index (Phi) is 7.15. The Labute approximate surface area is 115 Å². The highest BCUT2D eigenvalue weighted by molar-refractivity contribution is 5.81. The van der Waals surface area contributed by atoms with Gasteiger partial charge in [0.25, 0.3) is 0 Å². The summed E-state index contributed by atoms with van der Waals surface area (Å²) in [6.45, 7) is 5.06. The molecule has 1 aromatic carbocycles. The Morgan fingerprint density at radius 3 is 2.58 bits per heavy atom. The molecule has 1 amide bonds. The SMILES string of the molecule is COCCNC(=O)C(C)NC(C)Cc1ccccc1. The smallest absolute Gasteiger partial charge is 0.236 e. The molecule has 0 bridgehead atoms. The van der Waals surface area contributed by atoms with Crippen LogP contribution in [0.5, 0.6) is 0 Å². The molecule has 106 valence electrons. The summed E-state index contributed by atoms with van der Waals surface area (Å²) in [7, 11) is 1.62. The van der Waals surface area contributed by atoms with E-state index >= 15 is 0 Å². The van der Waals surface area contributed by atoms with Crippen LogP contribution in [0.2, 0.25) is 0 Å². The minimum absolute atomic E-state index is 0.0111. The molecular formula is C15H24N2O2. The first-order valence-electron chi connectivity index (χ1n) is 6.70. The number of methoxy groups -OCH3 is 1. The Balaban J connectivity index is 2.31. The van der Waals surface area contributed by atoms with Crippen LogP contribution in [0.4, 0.5) is 0 Å². The van der Waals surface area contributed by atoms with Gasteiger partial charge in [0.2, 0.25) is 5.91 Å². The highest BCUT2D eigenvalue weighted by Crippen LogP contribution is 2.03. The Morgan fingerprint density at radius 1 is 1.26 bits per heavy atom. The predicted octanol–water partition coefficient (Wildman–Crippen LogP) is 1.36. The van der Waals surface area contributed by atoms with Crippen molar-refractivity contribution in [1.29, 1.82) is 0 Å². The fourth-order valence-electron chi connectivity index (χ4n) is 1.96. The first-order chi connectivity index (χ1) is 9.13. The summed E-state index contributed by atoms with van der Waals surface area (Å²) < 4.78 is 4.90. The maximum Gasteiger partial charge on any atom is 0.236 e. The molecule has 2 N–H and O–H groups in total. The third-order valence-corrected chi connectivity index (χ3v) is 2.92. The lowest BCUT2D eigenvalue weighted by Crippen LogP contribution is -2.47. The molecule has 19 heavy (non-hydrogen) atoms. The first-order valence-corrected chi connectivity index (χ1v) is 6.70. The maximum atomic E-state index is 11.8. The van der Waals surface area contributed by atoms with E-state index in [1.807, 2.05) is 25.1 Å². The average molecular weight is 264 g/mol. The molecule has 1 rings (SSSR count). The predicted molar refractivity (Wildman–Crippen MR) is 77.1 cm³/mol. The number of carbonyl (C=O) groups excluding carboxylic acids is 1. The third-order valence-electron chi connectivity index (χ3n) is 2.92. The van der Waals surface area contributed by atoms with Gasteiger partial charge >= 0.3 is 0 Å². The molecular weight excluding hydrogens is 240 g/mol. The van der Waals surface area contributed by atoms with Crippen molar-refractivity contribution in [2.45, 2.75) is 32.4 Å². The van der Waals surface area contributed by atoms with Crippen molar-refractivity contribution in [3.63, 3.8) is 0 Å². The van der Waals surface area contributed by atoms with E-state index in [9.17, 15) is 4.79 Å². The molecule has 0 aliphatic rings. The molecule has 0 saturated carbocycles. The van der Waals surface area contributed by atoms with Crippen molar-refractivity contribution >= 4 is 5.91 Å². The van der Waals surface area contributed by atoms with Gasteiger partial charge in [0, 0.05) is 19.7 Å². The molecule has 0 spiro atoms. The van der Waals surface area contributed by atoms with Crippen molar-refractivity contribution < 1.29 is 9.53 Å². The third kappa shape index (κ3) is 6.36. The molecule has 4 heteroatoms. The standard InChI is InChI=1S/C15H24N2O2/c1-12(11-14-7-5-4-6-8-14)17-13(2)15(18)16-9-10-19-3/h4-8,12-13,17H,9-11H2,1-3H3,(H,16,18). The number of ether oxygens (including phenoxy) is 1. The maximum absolute atomic E-state index is 11.8. The van der Waals surface area contributed by atoms with E-state index in [0.717, 1.165) is 6.42 Å². The first kappa shape index (κ1) is 15.7. The van der Waals surface area contributed by atoms with Gasteiger partial charge in [-0.1, -0.05) is 30.3 Å². The van der Waals surface area contributed by atoms with E-state index in [1.165, 1.54) is 5.56 Å². The molecule has 0 heterocycles. The van der Waals surface area contributed by atoms with E-state index in [2.05, 4.69) is 29.7 Å². The molecule has 0 radical (unpaired) electrons. The van der Waals surface area contributed by atoms with E-state index in [4.69, 9.17) is 4.74 Å². The summed E-state index contributed by atoms with van der Waals surface area (Å²) in [5, 5.41) is 6.13. The van der Waals surface area contributed by atoms with Crippen LogP contribution in [0.25, 0.3) is 0 Å². The van der Waals surface area contributed by atoms with Crippen molar-refractivity contribution in [3.8, 4) is 0 Å². The fraction of sp³-hybridized carbons (Fsp3) is 0.533. The van der Waals surface area contributed by atoms with Crippen molar-refractivity contribution in [3.05, 3.63) is 35.9 Å². The fourth-order valence-corrected chi connectivity index (χ4v) is 1.96. The average Bonchev–Trinajstić information content (AvgIpc) is 2.39. The number of benzene rings is 1. The summed E-state index contributed by atoms with van der Waals surface area (Å²) >= 11 is 0. The Hall–Kier alpha value is -1.39. The van der Waals surface area contributed by atoms with Crippen molar-refractivity contribution in [2.75, 3.05) is 20.3 Å². The van der Waals surface area contributed by atoms with E-state index in [1.54, 1.807) is 7.11 Å². The monoisotopic (exact) mass is 264 g/mol. The van der Waals surface area contributed by atoms with Gasteiger partial charge in [-0.05, 0) is 25.8 Å². The number of hydrogen-bond acceptors (Lipinski definition) is 3. The highest BCUT2D eigenvalue weighted by Gasteiger charge is 2.14. The lowest BCUT2D eigenvalue weighted by molar-refractivity contribution is -0.123. The molecule has 2 unspecified atom stereocenters. The van der Waals surface area contributed by atoms with Gasteiger partial charge < -0.3 is 15.4 Å². The van der Waals surface area contributed by atoms with Crippen LogP contribution in [0.1, 0.15) is 19.4 Å². The molecule has 4 nitrogen and oxygen atoms in total. The van der Waals surface area contributed by atoms with Gasteiger partial charge in [-0.15, -0.1) is 0 Å². The molecule has 0 aromatic heterocycles. The summed E-state index contributed by atoms with van der Waals surface area (Å²) in [4.78, 5) is 11.8. The van der Waals surface area contributed by atoms with Gasteiger partial charge in [0.15, 0.2) is 0 Å². The van der Waals surface area contributed by atoms with Gasteiger partial charge in [-0.25, -0.2) is 0 Å². The zero-order valence-corrected chi connectivity index (χ0v) is 12.0. The second-order valence-corrected chi connectivity index (χ2v) is 4.76. The van der Waals surface area contributed by atoms with Crippen LogP contribution in [0.15, 0.2) is 30.3 Å². The number of nitrogens with one attached hydrogen (secondary N) is 2. The normalized spacial score (nSPS) is 13.8. The zero-order chi connectivity index (χ0) is 14.1. The lowest BCUT2D eigenvalue weighted by atomic mass is 10.1. The minimum atomic E-state index is -0.199. The minimum Gasteiger partial charge on any atom is -0.383 e. The molecule has 1 aromatic rings. The second-order valence-electron chi connectivity index (χ2n) is 4.76. The summed E-state index contributed by atoms with van der Waals surface area (Å²) in [5.74, 6) is 0.0111. The van der Waals surface area contributed by atoms with Crippen LogP contribution in [-0.4, -0.2) is 38.3 Å². The van der Waals surface area contributed by atoms with Crippen molar-refractivity contribution in [1.82, 2.24) is 10.6 Å². The topological polar surface area (TPSA) is 50.4 Å². The van der Waals surface area contributed by atoms with Gasteiger partial charge in [-0.3, -0.25) is 4.79 Å². The van der Waals surface area contributed by atoms with Crippen LogP contribution in [0, 0.1) is 0 Å². The number of hydrogen-bond donors (Lipinski definition) is 2. The number of carbonyl (C=O) groups is 1. The molecule has 0 saturated heterocycles. The van der Waals surface area contributed by atoms with Crippen LogP contribution >= 0.6 is 0 Å². The van der Waals surface area contributed by atoms with E-state index in [0.29, 0.717) is 13.2 Å². The Bertz CT molecular complexity index is 368.